The fourth-order valence-electron chi connectivity index (χ4n) is 0.927. The largest absolute Gasteiger partial charge is 0.398 e. The van der Waals surface area contributed by atoms with Crippen LogP contribution in [0.25, 0.3) is 0 Å². The van der Waals surface area contributed by atoms with Gasteiger partial charge in [0.05, 0.1) is 5.56 Å². The summed E-state index contributed by atoms with van der Waals surface area (Å²) >= 11 is 0. The van der Waals surface area contributed by atoms with Crippen LogP contribution in [0.15, 0.2) is 29.4 Å². The molecule has 0 spiro atoms. The van der Waals surface area contributed by atoms with Gasteiger partial charge in [-0.15, -0.1) is 0 Å². The number of carbonyl (C=O) groups excluding carboxylic acids is 1. The van der Waals surface area contributed by atoms with Gasteiger partial charge in [-0.1, -0.05) is 12.1 Å². The monoisotopic (exact) mass is 191 g/mol. The van der Waals surface area contributed by atoms with Gasteiger partial charge in [0, 0.05) is 11.4 Å². The normalized spacial score (nSPS) is 9.29. The average molecular weight is 191 g/mol. The standard InChI is InChI=1S/C10H13N3O/c1-7(2)12-13-10(14)8-5-3-4-6-9(8)11/h3-6H,11H2,1-2H3,(H,13,14). The number of rotatable bonds is 2. The number of nitrogen functional groups attached to an aromatic ring is 1. The lowest BCUT2D eigenvalue weighted by Gasteiger charge is -2.03. The zero-order valence-corrected chi connectivity index (χ0v) is 8.24. The number of hydrogen-bond acceptors (Lipinski definition) is 3. The van der Waals surface area contributed by atoms with Crippen molar-refractivity contribution < 1.29 is 4.79 Å². The van der Waals surface area contributed by atoms with E-state index < -0.39 is 0 Å². The number of benzene rings is 1. The summed E-state index contributed by atoms with van der Waals surface area (Å²) in [7, 11) is 0. The molecule has 1 aromatic rings. The smallest absolute Gasteiger partial charge is 0.273 e. The summed E-state index contributed by atoms with van der Waals surface area (Å²) in [5, 5.41) is 3.80. The van der Waals surface area contributed by atoms with Crippen LogP contribution in [0.2, 0.25) is 0 Å². The summed E-state index contributed by atoms with van der Waals surface area (Å²) in [5.41, 5.74) is 9.71. The minimum Gasteiger partial charge on any atom is -0.398 e. The third-order valence-corrected chi connectivity index (χ3v) is 1.59. The second-order valence-electron chi connectivity index (χ2n) is 3.09. The maximum absolute atomic E-state index is 11.5. The number of hydrogen-bond donors (Lipinski definition) is 2. The number of carbonyl (C=O) groups is 1. The molecule has 0 aliphatic carbocycles. The van der Waals surface area contributed by atoms with Gasteiger partial charge in [0.15, 0.2) is 0 Å². The third-order valence-electron chi connectivity index (χ3n) is 1.59. The number of anilines is 1. The van der Waals surface area contributed by atoms with Crippen molar-refractivity contribution in [2.45, 2.75) is 13.8 Å². The highest BCUT2D eigenvalue weighted by Crippen LogP contribution is 2.09. The van der Waals surface area contributed by atoms with Crippen LogP contribution >= 0.6 is 0 Å². The van der Waals surface area contributed by atoms with E-state index in [1.165, 1.54) is 0 Å². The highest BCUT2D eigenvalue weighted by Gasteiger charge is 2.06. The number of nitrogens with two attached hydrogens (primary N) is 1. The van der Waals surface area contributed by atoms with Gasteiger partial charge in [-0.25, -0.2) is 5.43 Å². The van der Waals surface area contributed by atoms with E-state index in [9.17, 15) is 4.79 Å². The van der Waals surface area contributed by atoms with Gasteiger partial charge in [-0.05, 0) is 26.0 Å². The van der Waals surface area contributed by atoms with Crippen LogP contribution < -0.4 is 11.2 Å². The van der Waals surface area contributed by atoms with Crippen LogP contribution in [0.3, 0.4) is 0 Å². The highest BCUT2D eigenvalue weighted by atomic mass is 16.2. The van der Waals surface area contributed by atoms with Crippen molar-refractivity contribution >= 4 is 17.3 Å². The minimum atomic E-state index is -0.288. The number of para-hydroxylation sites is 1. The maximum atomic E-state index is 11.5. The predicted molar refractivity (Wildman–Crippen MR) is 57.1 cm³/mol. The summed E-state index contributed by atoms with van der Waals surface area (Å²) in [5.74, 6) is -0.288. The first-order chi connectivity index (χ1) is 6.61. The van der Waals surface area contributed by atoms with Crippen molar-refractivity contribution in [3.63, 3.8) is 0 Å². The van der Waals surface area contributed by atoms with Gasteiger partial charge < -0.3 is 5.73 Å². The molecular formula is C10H13N3O. The SMILES string of the molecule is CC(C)=NNC(=O)c1ccccc1N. The second kappa shape index (κ2) is 4.41. The van der Waals surface area contributed by atoms with Crippen LogP contribution in [0.1, 0.15) is 24.2 Å². The molecule has 0 saturated heterocycles. The first-order valence-corrected chi connectivity index (χ1v) is 4.27. The molecule has 74 valence electrons. The van der Waals surface area contributed by atoms with E-state index in [0.29, 0.717) is 11.3 Å². The van der Waals surface area contributed by atoms with Gasteiger partial charge in [-0.2, -0.15) is 5.10 Å². The molecule has 0 atom stereocenters. The summed E-state index contributed by atoms with van der Waals surface area (Å²) in [4.78, 5) is 11.5. The maximum Gasteiger partial charge on any atom is 0.273 e. The Morgan fingerprint density at radius 3 is 2.57 bits per heavy atom. The molecule has 0 fully saturated rings. The molecule has 4 nitrogen and oxygen atoms in total. The molecule has 0 bridgehead atoms. The van der Waals surface area contributed by atoms with Crippen molar-refractivity contribution in [1.29, 1.82) is 0 Å². The van der Waals surface area contributed by atoms with Crippen molar-refractivity contribution in [3.05, 3.63) is 29.8 Å². The van der Waals surface area contributed by atoms with Gasteiger partial charge in [0.1, 0.15) is 0 Å². The number of nitrogens with one attached hydrogen (secondary N) is 1. The Bertz CT molecular complexity index is 367. The lowest BCUT2D eigenvalue weighted by Crippen LogP contribution is -2.19. The molecule has 1 aromatic carbocycles. The number of amides is 1. The van der Waals surface area contributed by atoms with Crippen LogP contribution in [0.5, 0.6) is 0 Å². The van der Waals surface area contributed by atoms with Gasteiger partial charge in [-0.3, -0.25) is 4.79 Å². The first kappa shape index (κ1) is 10.2. The van der Waals surface area contributed by atoms with E-state index in [2.05, 4.69) is 10.5 Å². The molecule has 4 heteroatoms. The summed E-state index contributed by atoms with van der Waals surface area (Å²) in [6, 6.07) is 6.87. The number of nitrogens with zero attached hydrogens (tertiary/aromatic N) is 1. The predicted octanol–water partition coefficient (Wildman–Crippen LogP) is 1.39. The molecule has 3 N–H and O–H groups in total. The van der Waals surface area contributed by atoms with E-state index in [1.54, 1.807) is 38.1 Å². The minimum absolute atomic E-state index is 0.288. The van der Waals surface area contributed by atoms with E-state index in [-0.39, 0.29) is 5.91 Å². The van der Waals surface area contributed by atoms with E-state index >= 15 is 0 Å². The van der Waals surface area contributed by atoms with Crippen LogP contribution in [0.4, 0.5) is 5.69 Å². The van der Waals surface area contributed by atoms with Crippen molar-refractivity contribution in [2.24, 2.45) is 5.10 Å². The van der Waals surface area contributed by atoms with Crippen molar-refractivity contribution in [1.82, 2.24) is 5.43 Å². The molecule has 0 radical (unpaired) electrons. The summed E-state index contributed by atoms with van der Waals surface area (Å²) in [6.45, 7) is 3.60. The van der Waals surface area contributed by atoms with Crippen molar-refractivity contribution in [2.75, 3.05) is 5.73 Å². The molecule has 14 heavy (non-hydrogen) atoms. The quantitative estimate of drug-likeness (QED) is 0.421. The fourth-order valence-corrected chi connectivity index (χ4v) is 0.927. The van der Waals surface area contributed by atoms with E-state index in [0.717, 1.165) is 5.71 Å². The average Bonchev–Trinajstić information content (AvgIpc) is 2.15. The van der Waals surface area contributed by atoms with Crippen LogP contribution in [-0.2, 0) is 0 Å². The Kier molecular flexibility index (Phi) is 3.23. The lowest BCUT2D eigenvalue weighted by atomic mass is 10.2. The van der Waals surface area contributed by atoms with Crippen LogP contribution in [-0.4, -0.2) is 11.6 Å². The van der Waals surface area contributed by atoms with E-state index in [4.69, 9.17) is 5.73 Å². The second-order valence-corrected chi connectivity index (χ2v) is 3.09. The molecule has 0 aromatic heterocycles. The molecular weight excluding hydrogens is 178 g/mol. The molecule has 0 aliphatic heterocycles. The Morgan fingerprint density at radius 1 is 1.36 bits per heavy atom. The van der Waals surface area contributed by atoms with Gasteiger partial charge >= 0.3 is 0 Å². The number of hydrazone groups is 1. The molecule has 0 saturated carbocycles. The van der Waals surface area contributed by atoms with Crippen molar-refractivity contribution in [3.8, 4) is 0 Å². The zero-order chi connectivity index (χ0) is 10.6. The summed E-state index contributed by atoms with van der Waals surface area (Å²) in [6.07, 6.45) is 0. The molecule has 1 amide bonds. The van der Waals surface area contributed by atoms with Gasteiger partial charge in [0.25, 0.3) is 5.91 Å². The third kappa shape index (κ3) is 2.58. The Hall–Kier alpha value is -1.84. The molecule has 0 heterocycles. The topological polar surface area (TPSA) is 67.5 Å². The Morgan fingerprint density at radius 2 is 2.00 bits per heavy atom. The Balaban J connectivity index is 2.80. The zero-order valence-electron chi connectivity index (χ0n) is 8.24. The Labute approximate surface area is 82.8 Å². The fraction of sp³-hybridized carbons (Fsp3) is 0.200. The van der Waals surface area contributed by atoms with Gasteiger partial charge in [0.2, 0.25) is 0 Å². The highest BCUT2D eigenvalue weighted by molar-refractivity contribution is 5.99. The molecule has 0 aliphatic rings. The first-order valence-electron chi connectivity index (χ1n) is 4.27. The lowest BCUT2D eigenvalue weighted by molar-refractivity contribution is 0.0955. The van der Waals surface area contributed by atoms with Crippen LogP contribution in [0, 0.1) is 0 Å². The molecule has 0 unspecified atom stereocenters. The summed E-state index contributed by atoms with van der Waals surface area (Å²) < 4.78 is 0. The molecule has 1 rings (SSSR count). The van der Waals surface area contributed by atoms with E-state index in [1.807, 2.05) is 0 Å².